The van der Waals surface area contributed by atoms with Gasteiger partial charge in [-0.05, 0) is 31.9 Å². The minimum absolute atomic E-state index is 0.0440. The summed E-state index contributed by atoms with van der Waals surface area (Å²) >= 11 is 0. The average Bonchev–Trinajstić information content (AvgIpc) is 2.75. The zero-order valence-electron chi connectivity index (χ0n) is 14.2. The summed E-state index contributed by atoms with van der Waals surface area (Å²) < 4.78 is 0. The molecule has 1 atom stereocenters. The average molecular weight is 320 g/mol. The van der Waals surface area contributed by atoms with E-state index < -0.39 is 12.0 Å². The van der Waals surface area contributed by atoms with Gasteiger partial charge in [-0.15, -0.1) is 0 Å². The number of carboxylic acid groups (broad SMARTS) is 1. The Bertz CT molecular complexity index is 608. The number of nitrogens with zero attached hydrogens (tertiary/aromatic N) is 3. The second-order valence-electron chi connectivity index (χ2n) is 6.12. The molecule has 0 bridgehead atoms. The highest BCUT2D eigenvalue weighted by Crippen LogP contribution is 2.21. The number of pyridine rings is 1. The number of hydrogen-bond donors (Lipinski definition) is 1. The van der Waals surface area contributed by atoms with E-state index in [2.05, 4.69) is 29.6 Å². The van der Waals surface area contributed by atoms with Crippen LogP contribution in [0.1, 0.15) is 43.7 Å². The molecule has 1 aliphatic heterocycles. The summed E-state index contributed by atoms with van der Waals surface area (Å²) in [5.74, 6) is -1.16. The Kier molecular flexibility index (Phi) is 6.38. The van der Waals surface area contributed by atoms with Gasteiger partial charge in [-0.3, -0.25) is 19.7 Å². The molecule has 0 fully saturated rings. The Morgan fingerprint density at radius 3 is 2.35 bits per heavy atom. The van der Waals surface area contributed by atoms with Crippen LogP contribution in [-0.4, -0.2) is 46.7 Å². The lowest BCUT2D eigenvalue weighted by molar-refractivity contribution is -0.407. The van der Waals surface area contributed by atoms with E-state index in [0.717, 1.165) is 0 Å². The van der Waals surface area contributed by atoms with Gasteiger partial charge in [0.1, 0.15) is 11.7 Å². The number of aromatic nitrogens is 1. The fraction of sp³-hybridized carbons (Fsp3) is 0.500. The van der Waals surface area contributed by atoms with E-state index in [4.69, 9.17) is 0 Å². The highest BCUT2D eigenvalue weighted by atomic mass is 16.4. The molecule has 0 aromatic carbocycles. The van der Waals surface area contributed by atoms with Crippen molar-refractivity contribution in [1.82, 2.24) is 9.88 Å². The molecule has 7 heteroatoms. The van der Waals surface area contributed by atoms with Crippen LogP contribution in [0.4, 0.5) is 0 Å². The molecule has 126 valence electrons. The Labute approximate surface area is 136 Å². The van der Waals surface area contributed by atoms with Gasteiger partial charge in [-0.1, -0.05) is 13.8 Å². The van der Waals surface area contributed by atoms with E-state index in [9.17, 15) is 14.7 Å². The van der Waals surface area contributed by atoms with Crippen LogP contribution in [0.2, 0.25) is 0 Å². The topological polar surface area (TPSA) is 113 Å². The number of amides is 1. The minimum atomic E-state index is -1.33. The van der Waals surface area contributed by atoms with Crippen molar-refractivity contribution in [3.05, 3.63) is 29.6 Å². The molecule has 1 unspecified atom stereocenters. The molecule has 1 aromatic rings. The Morgan fingerprint density at radius 1 is 1.35 bits per heavy atom. The number of carboxylic acids is 1. The summed E-state index contributed by atoms with van der Waals surface area (Å²) in [7, 11) is 1.57. The van der Waals surface area contributed by atoms with Crippen LogP contribution in [0, 0.1) is 5.92 Å². The molecule has 1 aliphatic rings. The molecule has 0 spiro atoms. The number of rotatable bonds is 3. The van der Waals surface area contributed by atoms with Crippen LogP contribution < -0.4 is 10.8 Å². The van der Waals surface area contributed by atoms with E-state index in [1.165, 1.54) is 23.2 Å². The van der Waals surface area contributed by atoms with Crippen molar-refractivity contribution in [1.29, 1.82) is 0 Å². The van der Waals surface area contributed by atoms with Gasteiger partial charge >= 0.3 is 0 Å². The van der Waals surface area contributed by atoms with E-state index in [1.807, 2.05) is 13.8 Å². The number of aliphatic imine (C=N–C) groups is 1. The third kappa shape index (κ3) is 4.59. The molecular weight excluding hydrogens is 296 g/mol. The maximum absolute atomic E-state index is 12.0. The lowest BCUT2D eigenvalue weighted by Crippen LogP contribution is -2.57. The molecule has 1 amide bonds. The normalized spacial score (nSPS) is 17.2. The molecule has 23 heavy (non-hydrogen) atoms. The van der Waals surface area contributed by atoms with Gasteiger partial charge in [-0.25, -0.2) is 0 Å². The Morgan fingerprint density at radius 2 is 1.91 bits per heavy atom. The first-order chi connectivity index (χ1) is 10.7. The van der Waals surface area contributed by atoms with Gasteiger partial charge in [0.25, 0.3) is 5.91 Å². The van der Waals surface area contributed by atoms with Crippen LogP contribution in [0.5, 0.6) is 0 Å². The lowest BCUT2D eigenvalue weighted by Gasteiger charge is -2.15. The molecule has 0 saturated heterocycles. The van der Waals surface area contributed by atoms with Crippen LogP contribution in [0.3, 0.4) is 0 Å². The number of quaternary nitrogens is 1. The summed E-state index contributed by atoms with van der Waals surface area (Å²) in [6.45, 7) is 7.89. The third-order valence-electron chi connectivity index (χ3n) is 3.03. The summed E-state index contributed by atoms with van der Waals surface area (Å²) in [5.41, 5.74) is 3.74. The van der Waals surface area contributed by atoms with Crippen LogP contribution in [0.25, 0.3) is 0 Å². The highest BCUT2D eigenvalue weighted by Gasteiger charge is 2.35. The monoisotopic (exact) mass is 320 g/mol. The van der Waals surface area contributed by atoms with E-state index in [-0.39, 0.29) is 28.9 Å². The predicted octanol–water partition coefficient (Wildman–Crippen LogP) is -0.675. The number of hydrogen-bond acceptors (Lipinski definition) is 5. The summed E-state index contributed by atoms with van der Waals surface area (Å²) in [6, 6.07) is 2.99. The minimum Gasteiger partial charge on any atom is -0.545 e. The van der Waals surface area contributed by atoms with Gasteiger partial charge < -0.3 is 15.6 Å². The Balaban J connectivity index is 0.000000593. The number of amidine groups is 1. The van der Waals surface area contributed by atoms with E-state index >= 15 is 0 Å². The van der Waals surface area contributed by atoms with Gasteiger partial charge in [0.15, 0.2) is 5.84 Å². The summed E-state index contributed by atoms with van der Waals surface area (Å²) in [6.07, 6.45) is 1.46. The molecule has 0 saturated carbocycles. The third-order valence-corrected chi connectivity index (χ3v) is 3.03. The number of likely N-dealkylation sites (N-methyl/N-ethyl adjacent to an activating group) is 1. The number of aromatic carboxylic acids is 1. The zero-order valence-corrected chi connectivity index (χ0v) is 14.2. The molecule has 2 rings (SSSR count). The van der Waals surface area contributed by atoms with Gasteiger partial charge in [-0.2, -0.15) is 0 Å². The molecule has 7 nitrogen and oxygen atoms in total. The molecule has 1 aromatic heterocycles. The smallest absolute Gasteiger partial charge is 0.253 e. The zero-order chi connectivity index (χ0) is 17.7. The van der Waals surface area contributed by atoms with Crippen molar-refractivity contribution in [3.63, 3.8) is 0 Å². The molecule has 3 N–H and O–H groups in total. The van der Waals surface area contributed by atoms with Crippen molar-refractivity contribution in [2.45, 2.75) is 39.8 Å². The maximum Gasteiger partial charge on any atom is 0.253 e. The summed E-state index contributed by atoms with van der Waals surface area (Å²) in [5, 5.41) is 11.1. The largest absolute Gasteiger partial charge is 0.545 e. The second kappa shape index (κ2) is 7.82. The van der Waals surface area contributed by atoms with Gasteiger partial charge in [0.05, 0.1) is 12.0 Å². The van der Waals surface area contributed by atoms with Crippen molar-refractivity contribution in [2.75, 3.05) is 7.05 Å². The fourth-order valence-corrected chi connectivity index (χ4v) is 1.98. The fourth-order valence-electron chi connectivity index (χ4n) is 1.98. The van der Waals surface area contributed by atoms with Crippen LogP contribution in [-0.2, 0) is 4.79 Å². The predicted molar refractivity (Wildman–Crippen MR) is 84.5 cm³/mol. The van der Waals surface area contributed by atoms with Gasteiger partial charge in [0.2, 0.25) is 0 Å². The first-order valence-electron chi connectivity index (χ1n) is 7.52. The molecule has 0 radical (unpaired) electrons. The van der Waals surface area contributed by atoms with Gasteiger partial charge in [0, 0.05) is 18.8 Å². The standard InChI is InChI=1S/C13H15N3O3.C3H9N/c1-7(2)9-12(17)16(3)11(15-9)10-8(13(18)19)5-4-6-14-10;1-3(2)4/h4-7,9H,1-3H3,(H,18,19);3H,4H2,1-2H3. The number of carbonyl (C=O) groups is 2. The number of carbonyl (C=O) groups excluding carboxylic acids is 2. The summed E-state index contributed by atoms with van der Waals surface area (Å²) in [4.78, 5) is 32.8. The van der Waals surface area contributed by atoms with Crippen molar-refractivity contribution < 1.29 is 20.4 Å². The van der Waals surface area contributed by atoms with Crippen molar-refractivity contribution in [2.24, 2.45) is 10.9 Å². The SMILES string of the molecule is CC(C)C1N=C(c2ncccc2C(=O)[O-])N(C)C1=O.CC(C)[NH3+]. The van der Waals surface area contributed by atoms with E-state index in [0.29, 0.717) is 6.04 Å². The van der Waals surface area contributed by atoms with Crippen molar-refractivity contribution >= 4 is 17.7 Å². The lowest BCUT2D eigenvalue weighted by atomic mass is 10.1. The highest BCUT2D eigenvalue weighted by molar-refractivity contribution is 6.15. The molecular formula is C16H24N4O3. The Hall–Kier alpha value is -2.28. The molecule has 0 aliphatic carbocycles. The second-order valence-corrected chi connectivity index (χ2v) is 6.12. The van der Waals surface area contributed by atoms with Crippen molar-refractivity contribution in [3.8, 4) is 0 Å². The van der Waals surface area contributed by atoms with Crippen LogP contribution in [0.15, 0.2) is 23.3 Å². The maximum atomic E-state index is 12.0. The quantitative estimate of drug-likeness (QED) is 0.795. The molecule has 2 heterocycles. The van der Waals surface area contributed by atoms with Crippen LogP contribution >= 0.6 is 0 Å². The van der Waals surface area contributed by atoms with E-state index in [1.54, 1.807) is 7.05 Å². The first kappa shape index (κ1) is 18.8. The first-order valence-corrected chi connectivity index (χ1v) is 7.52.